The minimum atomic E-state index is -0.277. The van der Waals surface area contributed by atoms with Crippen molar-refractivity contribution in [1.82, 2.24) is 4.98 Å². The van der Waals surface area contributed by atoms with E-state index >= 15 is 0 Å². The minimum Gasteiger partial charge on any atom is -0.489 e. The van der Waals surface area contributed by atoms with Gasteiger partial charge >= 0.3 is 0 Å². The number of pyridine rings is 1. The standard InChI is InChI=1S/C12H11FN2O/c13-10-1-3-11(4-2-10)16-8-9-5-6-15-12(14)7-9/h1-7H,8H2,(H2,14,15). The fourth-order valence-corrected chi connectivity index (χ4v) is 1.28. The van der Waals surface area contributed by atoms with Crippen LogP contribution < -0.4 is 10.5 Å². The van der Waals surface area contributed by atoms with Gasteiger partial charge in [-0.25, -0.2) is 9.37 Å². The molecule has 0 unspecified atom stereocenters. The molecule has 1 aromatic heterocycles. The molecule has 0 atom stereocenters. The average Bonchev–Trinajstić information content (AvgIpc) is 2.28. The van der Waals surface area contributed by atoms with Crippen LogP contribution in [0.3, 0.4) is 0 Å². The quantitative estimate of drug-likeness (QED) is 0.860. The van der Waals surface area contributed by atoms with E-state index in [1.54, 1.807) is 24.4 Å². The van der Waals surface area contributed by atoms with Crippen molar-refractivity contribution in [2.75, 3.05) is 5.73 Å². The number of nitrogens with two attached hydrogens (primary N) is 1. The summed E-state index contributed by atoms with van der Waals surface area (Å²) in [5.41, 5.74) is 6.46. The fraction of sp³-hybridized carbons (Fsp3) is 0.0833. The summed E-state index contributed by atoms with van der Waals surface area (Å²) in [6.45, 7) is 0.387. The van der Waals surface area contributed by atoms with Crippen molar-refractivity contribution in [2.24, 2.45) is 0 Å². The van der Waals surface area contributed by atoms with Gasteiger partial charge in [-0.15, -0.1) is 0 Å². The predicted molar refractivity (Wildman–Crippen MR) is 59.4 cm³/mol. The Hall–Kier alpha value is -2.10. The molecule has 0 saturated heterocycles. The Morgan fingerprint density at radius 2 is 1.94 bits per heavy atom. The first-order chi connectivity index (χ1) is 7.74. The molecule has 0 amide bonds. The van der Waals surface area contributed by atoms with Gasteiger partial charge in [0.2, 0.25) is 0 Å². The van der Waals surface area contributed by atoms with Gasteiger partial charge in [0, 0.05) is 6.20 Å². The molecule has 1 heterocycles. The molecule has 0 aliphatic carbocycles. The molecule has 0 saturated carbocycles. The molecular formula is C12H11FN2O. The summed E-state index contributed by atoms with van der Waals surface area (Å²) >= 11 is 0. The van der Waals surface area contributed by atoms with Crippen LogP contribution in [0, 0.1) is 5.82 Å². The van der Waals surface area contributed by atoms with E-state index in [1.165, 1.54) is 12.1 Å². The van der Waals surface area contributed by atoms with E-state index in [-0.39, 0.29) is 5.82 Å². The summed E-state index contributed by atoms with van der Waals surface area (Å²) in [5, 5.41) is 0. The molecule has 0 spiro atoms. The van der Waals surface area contributed by atoms with E-state index in [9.17, 15) is 4.39 Å². The van der Waals surface area contributed by atoms with Crippen molar-refractivity contribution in [1.29, 1.82) is 0 Å². The normalized spacial score (nSPS) is 10.1. The third kappa shape index (κ3) is 2.70. The van der Waals surface area contributed by atoms with Crippen molar-refractivity contribution in [3.63, 3.8) is 0 Å². The zero-order valence-corrected chi connectivity index (χ0v) is 8.56. The van der Waals surface area contributed by atoms with E-state index in [4.69, 9.17) is 10.5 Å². The average molecular weight is 218 g/mol. The van der Waals surface area contributed by atoms with Crippen LogP contribution in [0.1, 0.15) is 5.56 Å². The van der Waals surface area contributed by atoms with Crippen LogP contribution in [-0.4, -0.2) is 4.98 Å². The summed E-state index contributed by atoms with van der Waals surface area (Å²) in [6, 6.07) is 9.44. The number of hydrogen-bond donors (Lipinski definition) is 1. The van der Waals surface area contributed by atoms with Gasteiger partial charge in [0.1, 0.15) is 24.0 Å². The lowest BCUT2D eigenvalue weighted by Crippen LogP contribution is -1.97. The van der Waals surface area contributed by atoms with Crippen molar-refractivity contribution in [3.8, 4) is 5.75 Å². The van der Waals surface area contributed by atoms with Gasteiger partial charge in [0.25, 0.3) is 0 Å². The van der Waals surface area contributed by atoms with Gasteiger partial charge in [-0.05, 0) is 42.0 Å². The van der Waals surface area contributed by atoms with Crippen LogP contribution in [0.25, 0.3) is 0 Å². The first kappa shape index (κ1) is 10.4. The maximum Gasteiger partial charge on any atom is 0.123 e. The molecule has 0 aliphatic rings. The molecule has 0 fully saturated rings. The van der Waals surface area contributed by atoms with Crippen molar-refractivity contribution < 1.29 is 9.13 Å². The SMILES string of the molecule is Nc1cc(COc2ccc(F)cc2)ccn1. The molecule has 0 bridgehead atoms. The van der Waals surface area contributed by atoms with Gasteiger partial charge in [0.05, 0.1) is 0 Å². The summed E-state index contributed by atoms with van der Waals surface area (Å²) in [5.74, 6) is 0.803. The molecule has 2 N–H and O–H groups in total. The molecule has 2 rings (SSSR count). The topological polar surface area (TPSA) is 48.1 Å². The maximum atomic E-state index is 12.6. The largest absolute Gasteiger partial charge is 0.489 e. The summed E-state index contributed by atoms with van der Waals surface area (Å²) in [4.78, 5) is 3.88. The van der Waals surface area contributed by atoms with Crippen LogP contribution in [0.2, 0.25) is 0 Å². The molecule has 2 aromatic rings. The lowest BCUT2D eigenvalue weighted by Gasteiger charge is -2.06. The van der Waals surface area contributed by atoms with Crippen molar-refractivity contribution in [2.45, 2.75) is 6.61 Å². The molecule has 0 radical (unpaired) electrons. The number of nitrogen functional groups attached to an aromatic ring is 1. The Balaban J connectivity index is 1.99. The Morgan fingerprint density at radius 3 is 2.62 bits per heavy atom. The minimum absolute atomic E-state index is 0.277. The van der Waals surface area contributed by atoms with Crippen molar-refractivity contribution in [3.05, 3.63) is 54.0 Å². The lowest BCUT2D eigenvalue weighted by atomic mass is 10.3. The monoisotopic (exact) mass is 218 g/mol. The fourth-order valence-electron chi connectivity index (χ4n) is 1.28. The Bertz CT molecular complexity index is 471. The molecule has 3 nitrogen and oxygen atoms in total. The zero-order valence-electron chi connectivity index (χ0n) is 8.56. The van der Waals surface area contributed by atoms with E-state index in [0.717, 1.165) is 5.56 Å². The van der Waals surface area contributed by atoms with E-state index in [1.807, 2.05) is 6.07 Å². The Labute approximate surface area is 92.7 Å². The second kappa shape index (κ2) is 4.61. The number of aromatic nitrogens is 1. The first-order valence-corrected chi connectivity index (χ1v) is 4.83. The highest BCUT2D eigenvalue weighted by atomic mass is 19.1. The Morgan fingerprint density at radius 1 is 1.19 bits per heavy atom. The third-order valence-electron chi connectivity index (χ3n) is 2.06. The smallest absolute Gasteiger partial charge is 0.123 e. The third-order valence-corrected chi connectivity index (χ3v) is 2.06. The molecule has 16 heavy (non-hydrogen) atoms. The molecular weight excluding hydrogens is 207 g/mol. The molecule has 1 aromatic carbocycles. The van der Waals surface area contributed by atoms with Crippen LogP contribution in [-0.2, 0) is 6.61 Å². The highest BCUT2D eigenvalue weighted by Crippen LogP contribution is 2.13. The number of ether oxygens (including phenoxy) is 1. The first-order valence-electron chi connectivity index (χ1n) is 4.83. The van der Waals surface area contributed by atoms with Gasteiger partial charge in [0.15, 0.2) is 0 Å². The van der Waals surface area contributed by atoms with Gasteiger partial charge in [-0.2, -0.15) is 0 Å². The maximum absolute atomic E-state index is 12.6. The second-order valence-corrected chi connectivity index (χ2v) is 3.33. The number of hydrogen-bond acceptors (Lipinski definition) is 3. The lowest BCUT2D eigenvalue weighted by molar-refractivity contribution is 0.305. The Kier molecular flexibility index (Phi) is 3.00. The highest BCUT2D eigenvalue weighted by molar-refractivity contribution is 5.32. The molecule has 82 valence electrons. The number of rotatable bonds is 3. The zero-order chi connectivity index (χ0) is 11.4. The molecule has 0 aliphatic heterocycles. The van der Waals surface area contributed by atoms with Crippen molar-refractivity contribution >= 4 is 5.82 Å². The van der Waals surface area contributed by atoms with E-state index < -0.39 is 0 Å². The van der Waals surface area contributed by atoms with Crippen LogP contribution in [0.15, 0.2) is 42.6 Å². The van der Waals surface area contributed by atoms with Crippen LogP contribution in [0.5, 0.6) is 5.75 Å². The predicted octanol–water partition coefficient (Wildman–Crippen LogP) is 2.38. The second-order valence-electron chi connectivity index (χ2n) is 3.33. The number of halogens is 1. The molecule has 4 heteroatoms. The summed E-state index contributed by atoms with van der Waals surface area (Å²) in [7, 11) is 0. The van der Waals surface area contributed by atoms with Gasteiger partial charge in [-0.1, -0.05) is 0 Å². The van der Waals surface area contributed by atoms with Gasteiger partial charge < -0.3 is 10.5 Å². The van der Waals surface area contributed by atoms with Crippen LogP contribution >= 0.6 is 0 Å². The van der Waals surface area contributed by atoms with E-state index in [0.29, 0.717) is 18.2 Å². The number of anilines is 1. The summed E-state index contributed by atoms with van der Waals surface area (Å²) < 4.78 is 18.1. The van der Waals surface area contributed by atoms with Crippen LogP contribution in [0.4, 0.5) is 10.2 Å². The highest BCUT2D eigenvalue weighted by Gasteiger charge is 1.97. The van der Waals surface area contributed by atoms with E-state index in [2.05, 4.69) is 4.98 Å². The number of nitrogens with zero attached hydrogens (tertiary/aromatic N) is 1. The summed E-state index contributed by atoms with van der Waals surface area (Å²) in [6.07, 6.45) is 1.62. The number of benzene rings is 1. The van der Waals surface area contributed by atoms with Gasteiger partial charge in [-0.3, -0.25) is 0 Å².